The lowest BCUT2D eigenvalue weighted by Gasteiger charge is -2.33. The van der Waals surface area contributed by atoms with Crippen LogP contribution in [0.1, 0.15) is 31.4 Å². The first-order valence-electron chi connectivity index (χ1n) is 12.2. The minimum atomic E-state index is -4.18. The first-order valence-corrected chi connectivity index (χ1v) is 14.0. The Labute approximate surface area is 228 Å². The topological polar surface area (TPSA) is 86.8 Å². The third-order valence-corrected chi connectivity index (χ3v) is 8.05. The van der Waals surface area contributed by atoms with Gasteiger partial charge in [0.25, 0.3) is 10.0 Å². The molecule has 0 aromatic heterocycles. The van der Waals surface area contributed by atoms with Crippen LogP contribution < -0.4 is 9.62 Å². The first-order chi connectivity index (χ1) is 18.1. The van der Waals surface area contributed by atoms with Crippen LogP contribution in [0.15, 0.2) is 77.7 Å². The van der Waals surface area contributed by atoms with Crippen molar-refractivity contribution in [2.75, 3.05) is 17.4 Å². The van der Waals surface area contributed by atoms with Gasteiger partial charge >= 0.3 is 0 Å². The Hall–Kier alpha value is -3.43. The maximum absolute atomic E-state index is 13.9. The monoisotopic (exact) mass is 559 g/mol. The fourth-order valence-electron chi connectivity index (χ4n) is 3.97. The zero-order valence-corrected chi connectivity index (χ0v) is 23.1. The second-order valence-corrected chi connectivity index (χ2v) is 11.1. The van der Waals surface area contributed by atoms with Crippen LogP contribution in [0.4, 0.5) is 10.1 Å². The lowest BCUT2D eigenvalue weighted by atomic mass is 10.1. The Morgan fingerprint density at radius 1 is 0.947 bits per heavy atom. The summed E-state index contributed by atoms with van der Waals surface area (Å²) < 4.78 is 42.0. The van der Waals surface area contributed by atoms with Gasteiger partial charge in [-0.3, -0.25) is 13.9 Å². The summed E-state index contributed by atoms with van der Waals surface area (Å²) in [5.74, 6) is -1.36. The van der Waals surface area contributed by atoms with Crippen molar-refractivity contribution in [2.24, 2.45) is 0 Å². The van der Waals surface area contributed by atoms with Crippen LogP contribution in [0.25, 0.3) is 0 Å². The van der Waals surface area contributed by atoms with Gasteiger partial charge in [-0.05, 0) is 74.4 Å². The van der Waals surface area contributed by atoms with Crippen LogP contribution >= 0.6 is 11.6 Å². The molecule has 202 valence electrons. The number of aryl methyl sites for hydroxylation is 1. The summed E-state index contributed by atoms with van der Waals surface area (Å²) in [5.41, 5.74) is 1.82. The van der Waals surface area contributed by atoms with Crippen LogP contribution in [0.5, 0.6) is 0 Å². The van der Waals surface area contributed by atoms with Gasteiger partial charge in [0, 0.05) is 18.1 Å². The predicted molar refractivity (Wildman–Crippen MR) is 147 cm³/mol. The number of carbonyl (C=O) groups excluding carboxylic acids is 2. The quantitative estimate of drug-likeness (QED) is 0.361. The van der Waals surface area contributed by atoms with Crippen molar-refractivity contribution < 1.29 is 22.4 Å². The summed E-state index contributed by atoms with van der Waals surface area (Å²) in [6.07, 6.45) is 0.299. The highest BCUT2D eigenvalue weighted by molar-refractivity contribution is 7.92. The highest BCUT2D eigenvalue weighted by atomic mass is 35.5. The normalized spacial score (nSPS) is 12.0. The van der Waals surface area contributed by atoms with Gasteiger partial charge in [-0.2, -0.15) is 0 Å². The molecular formula is C28H31ClFN3O4S. The first kappa shape index (κ1) is 29.1. The van der Waals surface area contributed by atoms with Crippen LogP contribution in [-0.2, 0) is 26.2 Å². The Morgan fingerprint density at radius 3 is 2.11 bits per heavy atom. The third-order valence-electron chi connectivity index (χ3n) is 6.01. The van der Waals surface area contributed by atoms with Crippen molar-refractivity contribution in [3.8, 4) is 0 Å². The summed E-state index contributed by atoms with van der Waals surface area (Å²) in [6, 6.07) is 17.2. The van der Waals surface area contributed by atoms with E-state index in [4.69, 9.17) is 11.6 Å². The van der Waals surface area contributed by atoms with Crippen molar-refractivity contribution in [3.05, 3.63) is 94.8 Å². The number of benzene rings is 3. The molecule has 2 amide bonds. The van der Waals surface area contributed by atoms with Gasteiger partial charge in [0.1, 0.15) is 18.4 Å². The molecule has 0 aliphatic heterocycles. The summed E-state index contributed by atoms with van der Waals surface area (Å²) in [7, 11) is -4.18. The van der Waals surface area contributed by atoms with Gasteiger partial charge in [-0.25, -0.2) is 12.8 Å². The number of rotatable bonds is 11. The number of nitrogens with zero attached hydrogens (tertiary/aromatic N) is 2. The molecule has 0 aliphatic rings. The van der Waals surface area contributed by atoms with Crippen molar-refractivity contribution in [3.63, 3.8) is 0 Å². The number of hydrogen-bond donors (Lipinski definition) is 1. The van der Waals surface area contributed by atoms with E-state index in [1.54, 1.807) is 38.1 Å². The smallest absolute Gasteiger partial charge is 0.264 e. The number of sulfonamides is 1. The number of anilines is 1. The van der Waals surface area contributed by atoms with Gasteiger partial charge in [0.05, 0.1) is 10.6 Å². The number of likely N-dealkylation sites (N-methyl/N-ethyl adjacent to an activating group) is 1. The Kier molecular flexibility index (Phi) is 9.88. The molecule has 0 spiro atoms. The Morgan fingerprint density at radius 2 is 1.55 bits per heavy atom. The average molecular weight is 560 g/mol. The van der Waals surface area contributed by atoms with Gasteiger partial charge in [0.2, 0.25) is 11.8 Å². The molecule has 3 rings (SSSR count). The Balaban J connectivity index is 2.04. The van der Waals surface area contributed by atoms with Crippen LogP contribution in [-0.4, -0.2) is 44.3 Å². The summed E-state index contributed by atoms with van der Waals surface area (Å²) >= 11 is 5.96. The zero-order chi connectivity index (χ0) is 27.9. The summed E-state index contributed by atoms with van der Waals surface area (Å²) in [4.78, 5) is 28.1. The van der Waals surface area contributed by atoms with E-state index < -0.39 is 34.3 Å². The van der Waals surface area contributed by atoms with Gasteiger partial charge in [0.15, 0.2) is 0 Å². The van der Waals surface area contributed by atoms with E-state index in [9.17, 15) is 22.4 Å². The highest BCUT2D eigenvalue weighted by Gasteiger charge is 2.33. The molecule has 1 N–H and O–H groups in total. The van der Waals surface area contributed by atoms with Crippen LogP contribution in [0, 0.1) is 12.7 Å². The molecule has 0 bridgehead atoms. The van der Waals surface area contributed by atoms with Crippen molar-refractivity contribution in [1.29, 1.82) is 0 Å². The zero-order valence-electron chi connectivity index (χ0n) is 21.5. The van der Waals surface area contributed by atoms with E-state index in [0.29, 0.717) is 29.2 Å². The van der Waals surface area contributed by atoms with Crippen molar-refractivity contribution >= 4 is 39.1 Å². The standard InChI is InChI=1S/C28H31ClFN3O4S/c1-4-26(28(35)31-5-2)32(18-21-8-12-23(30)13-9-21)27(34)19-33(24-14-6-20(3)7-15-24)38(36,37)25-16-10-22(29)11-17-25/h6-17,26H,4-5,18-19H2,1-3H3,(H,31,35). The van der Waals surface area contributed by atoms with Gasteiger partial charge in [-0.1, -0.05) is 48.4 Å². The molecule has 0 heterocycles. The molecule has 3 aromatic rings. The van der Waals surface area contributed by atoms with E-state index in [2.05, 4.69) is 5.32 Å². The van der Waals surface area contributed by atoms with Crippen LogP contribution in [0.2, 0.25) is 5.02 Å². The number of nitrogens with one attached hydrogen (secondary N) is 1. The van der Waals surface area contributed by atoms with Crippen LogP contribution in [0.3, 0.4) is 0 Å². The SMILES string of the molecule is CCNC(=O)C(CC)N(Cc1ccc(F)cc1)C(=O)CN(c1ccc(C)cc1)S(=O)(=O)c1ccc(Cl)cc1. The predicted octanol–water partition coefficient (Wildman–Crippen LogP) is 4.93. The lowest BCUT2D eigenvalue weighted by Crippen LogP contribution is -2.52. The maximum atomic E-state index is 13.9. The molecule has 10 heteroatoms. The molecule has 7 nitrogen and oxygen atoms in total. The molecule has 0 saturated carbocycles. The fraction of sp³-hybridized carbons (Fsp3) is 0.286. The maximum Gasteiger partial charge on any atom is 0.264 e. The largest absolute Gasteiger partial charge is 0.355 e. The fourth-order valence-corrected chi connectivity index (χ4v) is 5.51. The molecule has 1 unspecified atom stereocenters. The average Bonchev–Trinajstić information content (AvgIpc) is 2.89. The van der Waals surface area contributed by atoms with Crippen molar-refractivity contribution in [2.45, 2.75) is 44.7 Å². The minimum absolute atomic E-state index is 0.00250. The minimum Gasteiger partial charge on any atom is -0.355 e. The number of amides is 2. The second kappa shape index (κ2) is 12.9. The molecule has 1 atom stereocenters. The number of hydrogen-bond acceptors (Lipinski definition) is 4. The molecule has 0 radical (unpaired) electrons. The Bertz CT molecular complexity index is 1350. The summed E-state index contributed by atoms with van der Waals surface area (Å²) in [6.45, 7) is 5.23. The van der Waals surface area contributed by atoms with E-state index in [1.807, 2.05) is 6.92 Å². The molecule has 38 heavy (non-hydrogen) atoms. The molecule has 3 aromatic carbocycles. The van der Waals surface area contributed by atoms with Crippen molar-refractivity contribution in [1.82, 2.24) is 10.2 Å². The number of carbonyl (C=O) groups is 2. The third kappa shape index (κ3) is 7.11. The van der Waals surface area contributed by atoms with Gasteiger partial charge in [-0.15, -0.1) is 0 Å². The molecule has 0 saturated heterocycles. The highest BCUT2D eigenvalue weighted by Crippen LogP contribution is 2.26. The number of halogens is 2. The van der Waals surface area contributed by atoms with Gasteiger partial charge < -0.3 is 10.2 Å². The molecule has 0 aliphatic carbocycles. The molecular weight excluding hydrogens is 529 g/mol. The van der Waals surface area contributed by atoms with E-state index in [0.717, 1.165) is 9.87 Å². The lowest BCUT2D eigenvalue weighted by molar-refractivity contribution is -0.140. The van der Waals surface area contributed by atoms with E-state index in [1.165, 1.54) is 53.4 Å². The summed E-state index contributed by atoms with van der Waals surface area (Å²) in [5, 5.41) is 3.12. The van der Waals surface area contributed by atoms with E-state index >= 15 is 0 Å². The molecule has 0 fully saturated rings. The van der Waals surface area contributed by atoms with E-state index in [-0.39, 0.29) is 17.3 Å². The second-order valence-electron chi connectivity index (χ2n) is 8.77.